The molecule has 1 aliphatic carbocycles. The second-order valence-corrected chi connectivity index (χ2v) is 5.36. The van der Waals surface area contributed by atoms with Crippen LogP contribution in [0.1, 0.15) is 34.8 Å². The number of nitrogens with two attached hydrogens (primary N) is 1. The largest absolute Gasteiger partial charge is 0.330 e. The molecule has 0 spiro atoms. The Hall–Kier alpha value is -0.410. The molecule has 72 valence electrons. The summed E-state index contributed by atoms with van der Waals surface area (Å²) in [6, 6.07) is 0. The highest BCUT2D eigenvalue weighted by Crippen LogP contribution is 2.51. The van der Waals surface area contributed by atoms with Gasteiger partial charge in [0.1, 0.15) is 0 Å². The van der Waals surface area contributed by atoms with Gasteiger partial charge in [-0.15, -0.1) is 11.3 Å². The fourth-order valence-corrected chi connectivity index (χ4v) is 2.99. The van der Waals surface area contributed by atoms with Crippen LogP contribution < -0.4 is 5.73 Å². The monoisotopic (exact) mass is 196 g/mol. The smallest absolute Gasteiger partial charge is 0.0900 e. The minimum absolute atomic E-state index is 0.379. The Bertz CT molecular complexity index is 313. The van der Waals surface area contributed by atoms with Crippen LogP contribution in [0, 0.1) is 13.8 Å². The number of rotatable bonds is 3. The zero-order chi connectivity index (χ0) is 9.47. The number of hydrogen-bond donors (Lipinski definition) is 1. The highest BCUT2D eigenvalue weighted by atomic mass is 32.1. The van der Waals surface area contributed by atoms with Crippen molar-refractivity contribution < 1.29 is 0 Å². The Morgan fingerprint density at radius 2 is 2.15 bits per heavy atom. The number of hydrogen-bond acceptors (Lipinski definition) is 3. The molecule has 1 saturated carbocycles. The van der Waals surface area contributed by atoms with Crippen molar-refractivity contribution in [1.29, 1.82) is 0 Å². The summed E-state index contributed by atoms with van der Waals surface area (Å²) in [6.45, 7) is 5.05. The van der Waals surface area contributed by atoms with Crippen LogP contribution in [0.15, 0.2) is 0 Å². The molecule has 0 saturated heterocycles. The molecule has 1 aromatic rings. The van der Waals surface area contributed by atoms with E-state index in [4.69, 9.17) is 5.73 Å². The summed E-state index contributed by atoms with van der Waals surface area (Å²) >= 11 is 1.81. The Labute approximate surface area is 83.2 Å². The van der Waals surface area contributed by atoms with Crippen LogP contribution in [-0.2, 0) is 5.41 Å². The summed E-state index contributed by atoms with van der Waals surface area (Å²) in [6.07, 6.45) is 3.68. The van der Waals surface area contributed by atoms with Crippen molar-refractivity contribution in [2.75, 3.05) is 6.54 Å². The predicted molar refractivity (Wildman–Crippen MR) is 56.2 cm³/mol. The van der Waals surface area contributed by atoms with Gasteiger partial charge in [-0.25, -0.2) is 4.98 Å². The Morgan fingerprint density at radius 1 is 1.46 bits per heavy atom. The molecule has 0 aromatic carbocycles. The van der Waals surface area contributed by atoms with E-state index in [1.165, 1.54) is 28.4 Å². The first-order valence-electron chi connectivity index (χ1n) is 4.82. The standard InChI is InChI=1S/C10H16N2S/c1-7-9(12-8(2)13-7)10(3-4-10)5-6-11/h3-6,11H2,1-2H3. The SMILES string of the molecule is Cc1nc(C2(CCN)CC2)c(C)s1. The number of aromatic nitrogens is 1. The Morgan fingerprint density at radius 3 is 2.54 bits per heavy atom. The second kappa shape index (κ2) is 3.07. The van der Waals surface area contributed by atoms with E-state index < -0.39 is 0 Å². The third kappa shape index (κ3) is 1.51. The first kappa shape index (κ1) is 9.16. The van der Waals surface area contributed by atoms with Crippen molar-refractivity contribution in [3.8, 4) is 0 Å². The van der Waals surface area contributed by atoms with Crippen LogP contribution in [-0.4, -0.2) is 11.5 Å². The number of aryl methyl sites for hydroxylation is 2. The molecule has 1 heterocycles. The van der Waals surface area contributed by atoms with Crippen LogP contribution >= 0.6 is 11.3 Å². The number of thiazole rings is 1. The summed E-state index contributed by atoms with van der Waals surface area (Å²) < 4.78 is 0. The van der Waals surface area contributed by atoms with Crippen LogP contribution in [0.3, 0.4) is 0 Å². The molecular weight excluding hydrogens is 180 g/mol. The molecule has 0 radical (unpaired) electrons. The fourth-order valence-electron chi connectivity index (χ4n) is 2.05. The minimum atomic E-state index is 0.379. The second-order valence-electron chi connectivity index (χ2n) is 3.96. The average Bonchev–Trinajstić information content (AvgIpc) is 2.74. The van der Waals surface area contributed by atoms with Crippen LogP contribution in [0.2, 0.25) is 0 Å². The van der Waals surface area contributed by atoms with Gasteiger partial charge in [0.25, 0.3) is 0 Å². The van der Waals surface area contributed by atoms with Gasteiger partial charge in [-0.3, -0.25) is 0 Å². The van der Waals surface area contributed by atoms with Gasteiger partial charge in [0.15, 0.2) is 0 Å². The zero-order valence-corrected chi connectivity index (χ0v) is 9.08. The fraction of sp³-hybridized carbons (Fsp3) is 0.700. The van der Waals surface area contributed by atoms with Crippen molar-refractivity contribution in [2.24, 2.45) is 5.73 Å². The molecule has 0 atom stereocenters. The van der Waals surface area contributed by atoms with Gasteiger partial charge in [0.05, 0.1) is 10.7 Å². The molecule has 0 aliphatic heterocycles. The van der Waals surface area contributed by atoms with Gasteiger partial charge in [-0.05, 0) is 39.7 Å². The molecule has 0 bridgehead atoms. The van der Waals surface area contributed by atoms with Gasteiger partial charge in [-0.1, -0.05) is 0 Å². The molecule has 0 unspecified atom stereocenters. The zero-order valence-electron chi connectivity index (χ0n) is 8.26. The topological polar surface area (TPSA) is 38.9 Å². The third-order valence-corrected chi connectivity index (χ3v) is 3.77. The van der Waals surface area contributed by atoms with Crippen molar-refractivity contribution >= 4 is 11.3 Å². The van der Waals surface area contributed by atoms with E-state index in [1.54, 1.807) is 0 Å². The molecule has 13 heavy (non-hydrogen) atoms. The lowest BCUT2D eigenvalue weighted by Crippen LogP contribution is -2.14. The van der Waals surface area contributed by atoms with E-state index in [0.29, 0.717) is 5.41 Å². The molecule has 2 rings (SSSR count). The van der Waals surface area contributed by atoms with Gasteiger partial charge >= 0.3 is 0 Å². The lowest BCUT2D eigenvalue weighted by atomic mass is 9.97. The normalized spacial score (nSPS) is 19.0. The van der Waals surface area contributed by atoms with Crippen molar-refractivity contribution in [1.82, 2.24) is 4.98 Å². The van der Waals surface area contributed by atoms with Crippen LogP contribution in [0.4, 0.5) is 0 Å². The average molecular weight is 196 g/mol. The minimum Gasteiger partial charge on any atom is -0.330 e. The van der Waals surface area contributed by atoms with Gasteiger partial charge in [-0.2, -0.15) is 0 Å². The summed E-state index contributed by atoms with van der Waals surface area (Å²) in [5.74, 6) is 0. The molecule has 3 heteroatoms. The van der Waals surface area contributed by atoms with Crippen molar-refractivity contribution in [3.05, 3.63) is 15.6 Å². The molecule has 1 aliphatic rings. The third-order valence-electron chi connectivity index (χ3n) is 2.88. The van der Waals surface area contributed by atoms with Gasteiger partial charge in [0.2, 0.25) is 0 Å². The van der Waals surface area contributed by atoms with Gasteiger partial charge in [0, 0.05) is 10.3 Å². The van der Waals surface area contributed by atoms with Crippen LogP contribution in [0.25, 0.3) is 0 Å². The Balaban J connectivity index is 2.29. The van der Waals surface area contributed by atoms with E-state index in [1.807, 2.05) is 11.3 Å². The van der Waals surface area contributed by atoms with Gasteiger partial charge < -0.3 is 5.73 Å². The molecule has 1 fully saturated rings. The first-order valence-corrected chi connectivity index (χ1v) is 5.64. The summed E-state index contributed by atoms with van der Waals surface area (Å²) in [5.41, 5.74) is 7.34. The molecule has 1 aromatic heterocycles. The van der Waals surface area contributed by atoms with Crippen molar-refractivity contribution in [3.63, 3.8) is 0 Å². The molecular formula is C10H16N2S. The molecule has 2 N–H and O–H groups in total. The van der Waals surface area contributed by atoms with E-state index in [9.17, 15) is 0 Å². The highest BCUT2D eigenvalue weighted by molar-refractivity contribution is 7.11. The first-order chi connectivity index (χ1) is 6.18. The molecule has 0 amide bonds. The maximum Gasteiger partial charge on any atom is 0.0900 e. The lowest BCUT2D eigenvalue weighted by Gasteiger charge is -2.11. The number of nitrogens with zero attached hydrogens (tertiary/aromatic N) is 1. The summed E-state index contributed by atoms with van der Waals surface area (Å²) in [4.78, 5) is 6.02. The maximum absolute atomic E-state index is 5.62. The lowest BCUT2D eigenvalue weighted by molar-refractivity contribution is 0.609. The van der Waals surface area contributed by atoms with Crippen molar-refractivity contribution in [2.45, 2.75) is 38.5 Å². The van der Waals surface area contributed by atoms with E-state index in [0.717, 1.165) is 13.0 Å². The summed E-state index contributed by atoms with van der Waals surface area (Å²) in [7, 11) is 0. The van der Waals surface area contributed by atoms with E-state index in [2.05, 4.69) is 18.8 Å². The molecule has 2 nitrogen and oxygen atoms in total. The Kier molecular flexibility index (Phi) is 2.16. The summed E-state index contributed by atoms with van der Waals surface area (Å²) in [5, 5.41) is 1.19. The van der Waals surface area contributed by atoms with E-state index in [-0.39, 0.29) is 0 Å². The maximum atomic E-state index is 5.62. The van der Waals surface area contributed by atoms with Crippen LogP contribution in [0.5, 0.6) is 0 Å². The predicted octanol–water partition coefficient (Wildman–Crippen LogP) is 2.14. The quantitative estimate of drug-likeness (QED) is 0.804. The highest BCUT2D eigenvalue weighted by Gasteiger charge is 2.46. The van der Waals surface area contributed by atoms with E-state index >= 15 is 0 Å².